The molecule has 3 aromatic rings. The molecule has 0 N–H and O–H groups in total. The van der Waals surface area contributed by atoms with Crippen molar-refractivity contribution >= 4 is 23.4 Å². The van der Waals surface area contributed by atoms with Gasteiger partial charge in [-0.2, -0.15) is 0 Å². The number of aromatic nitrogens is 1. The lowest BCUT2D eigenvalue weighted by atomic mass is 9.94. The molecule has 0 saturated heterocycles. The topological polar surface area (TPSA) is 97.6 Å². The third-order valence-corrected chi connectivity index (χ3v) is 7.39. The zero-order valence-electron chi connectivity index (χ0n) is 24.1. The maximum Gasteiger partial charge on any atom is 0.338 e. The average molecular weight is 581 g/mol. The van der Waals surface area contributed by atoms with Crippen LogP contribution < -0.4 is 29.1 Å². The van der Waals surface area contributed by atoms with Crippen LogP contribution in [0, 0.1) is 0 Å². The molecule has 1 atom stereocenters. The van der Waals surface area contributed by atoms with Crippen LogP contribution in [0.2, 0.25) is 0 Å². The zero-order chi connectivity index (χ0) is 29.4. The number of esters is 1. The van der Waals surface area contributed by atoms with Crippen molar-refractivity contribution in [1.29, 1.82) is 0 Å². The van der Waals surface area contributed by atoms with Crippen LogP contribution >= 0.6 is 11.3 Å². The zero-order valence-corrected chi connectivity index (χ0v) is 24.9. The molecule has 2 heterocycles. The lowest BCUT2D eigenvalue weighted by molar-refractivity contribution is -0.140. The Bertz CT molecular complexity index is 1590. The largest absolute Gasteiger partial charge is 0.493 e. The molecule has 0 spiro atoms. The number of nitrogens with zero attached hydrogens (tertiary/aromatic N) is 2. The molecule has 41 heavy (non-hydrogen) atoms. The normalized spacial score (nSPS) is 14.9. The minimum absolute atomic E-state index is 0.0646. The third-order valence-electron chi connectivity index (χ3n) is 6.40. The Hall–Kier alpha value is -3.89. The van der Waals surface area contributed by atoms with Gasteiger partial charge < -0.3 is 23.7 Å². The lowest BCUT2D eigenvalue weighted by Gasteiger charge is -2.27. The number of benzene rings is 2. The number of methoxy groups -OCH3 is 2. The Kier molecular flexibility index (Phi) is 10.4. The molecule has 0 fully saturated rings. The molecule has 2 aromatic carbocycles. The first-order valence-electron chi connectivity index (χ1n) is 13.6. The van der Waals surface area contributed by atoms with Gasteiger partial charge in [-0.15, -0.1) is 0 Å². The first kappa shape index (κ1) is 30.1. The monoisotopic (exact) mass is 580 g/mol. The second-order valence-corrected chi connectivity index (χ2v) is 10.3. The highest BCUT2D eigenvalue weighted by molar-refractivity contribution is 7.07. The van der Waals surface area contributed by atoms with Gasteiger partial charge >= 0.3 is 5.97 Å². The second-order valence-electron chi connectivity index (χ2n) is 9.32. The molecule has 1 aromatic heterocycles. The van der Waals surface area contributed by atoms with Crippen molar-refractivity contribution in [1.82, 2.24) is 4.57 Å². The number of carbonyl (C=O) groups is 1. The molecule has 0 amide bonds. The van der Waals surface area contributed by atoms with Crippen LogP contribution in [-0.2, 0) is 14.3 Å². The summed E-state index contributed by atoms with van der Waals surface area (Å²) in [6.07, 6.45) is 3.43. The van der Waals surface area contributed by atoms with Gasteiger partial charge in [-0.05, 0) is 38.0 Å². The van der Waals surface area contributed by atoms with Crippen LogP contribution in [0.1, 0.15) is 50.8 Å². The SMILES string of the molecule is CCCOc1ccccc1/C=c1/sc2n(c1=O)[C@@H](c1cccc(OC)c1OCCC)C(C(=O)OCCOC)=C(C)N=2. The fourth-order valence-electron chi connectivity index (χ4n) is 4.52. The smallest absolute Gasteiger partial charge is 0.338 e. The molecule has 218 valence electrons. The summed E-state index contributed by atoms with van der Waals surface area (Å²) in [4.78, 5) is 32.8. The van der Waals surface area contributed by atoms with Crippen LogP contribution in [0.5, 0.6) is 17.2 Å². The maximum atomic E-state index is 14.1. The number of rotatable bonds is 13. The minimum atomic E-state index is -0.850. The summed E-state index contributed by atoms with van der Waals surface area (Å²) in [5.74, 6) is 1.08. The van der Waals surface area contributed by atoms with E-state index in [1.54, 1.807) is 24.7 Å². The van der Waals surface area contributed by atoms with E-state index in [-0.39, 0.29) is 24.3 Å². The molecule has 0 bridgehead atoms. The van der Waals surface area contributed by atoms with Gasteiger partial charge in [0.2, 0.25) is 0 Å². The molecule has 0 unspecified atom stereocenters. The number of hydrogen-bond donors (Lipinski definition) is 0. The molecular formula is C31H36N2O7S. The number of ether oxygens (including phenoxy) is 5. The van der Waals surface area contributed by atoms with E-state index in [0.717, 1.165) is 18.4 Å². The summed E-state index contributed by atoms with van der Waals surface area (Å²) in [7, 11) is 3.09. The van der Waals surface area contributed by atoms with Gasteiger partial charge in [0.25, 0.3) is 5.56 Å². The number of hydrogen-bond acceptors (Lipinski definition) is 9. The molecule has 9 nitrogen and oxygen atoms in total. The maximum absolute atomic E-state index is 14.1. The molecule has 4 rings (SSSR count). The first-order chi connectivity index (χ1) is 19.9. The summed E-state index contributed by atoms with van der Waals surface area (Å²) in [6, 6.07) is 12.2. The van der Waals surface area contributed by atoms with Gasteiger partial charge in [-0.1, -0.05) is 55.5 Å². The number of thiazole rings is 1. The molecule has 1 aliphatic rings. The summed E-state index contributed by atoms with van der Waals surface area (Å²) in [5, 5.41) is 0. The average Bonchev–Trinajstić information content (AvgIpc) is 3.28. The van der Waals surface area contributed by atoms with E-state index >= 15 is 0 Å². The van der Waals surface area contributed by atoms with Crippen molar-refractivity contribution in [3.8, 4) is 17.2 Å². The molecular weight excluding hydrogens is 544 g/mol. The molecule has 0 saturated carbocycles. The van der Waals surface area contributed by atoms with Crippen molar-refractivity contribution in [2.24, 2.45) is 4.99 Å². The lowest BCUT2D eigenvalue weighted by Crippen LogP contribution is -2.40. The van der Waals surface area contributed by atoms with Gasteiger partial charge in [0.05, 0.1) is 42.7 Å². The van der Waals surface area contributed by atoms with Gasteiger partial charge in [-0.25, -0.2) is 9.79 Å². The summed E-state index contributed by atoms with van der Waals surface area (Å²) in [6.45, 7) is 7.09. The van der Waals surface area contributed by atoms with E-state index in [2.05, 4.69) is 4.99 Å². The predicted octanol–water partition coefficient (Wildman–Crippen LogP) is 4.01. The Balaban J connectivity index is 1.95. The van der Waals surface area contributed by atoms with Gasteiger partial charge in [0, 0.05) is 18.2 Å². The molecule has 0 radical (unpaired) electrons. The summed E-state index contributed by atoms with van der Waals surface area (Å²) >= 11 is 1.25. The van der Waals surface area contributed by atoms with Crippen molar-refractivity contribution in [3.05, 3.63) is 84.5 Å². The Morgan fingerprint density at radius 1 is 0.976 bits per heavy atom. The van der Waals surface area contributed by atoms with Crippen LogP contribution in [0.15, 0.2) is 63.5 Å². The summed E-state index contributed by atoms with van der Waals surface area (Å²) < 4.78 is 30.3. The van der Waals surface area contributed by atoms with Crippen molar-refractivity contribution in [2.45, 2.75) is 39.7 Å². The van der Waals surface area contributed by atoms with Crippen molar-refractivity contribution in [2.75, 3.05) is 40.6 Å². The fraction of sp³-hybridized carbons (Fsp3) is 0.387. The van der Waals surface area contributed by atoms with E-state index in [9.17, 15) is 9.59 Å². The standard InChI is InChI=1S/C31H36N2O7S/c1-6-15-38-23-13-9-8-11-21(23)19-25-29(34)33-27(22-12-10-14-24(37-5)28(22)39-16-7-2)26(20(3)32-31(33)41-25)30(35)40-18-17-36-4/h8-14,19,27H,6-7,15-18H2,1-5H3/b25-19+/t27-/m0/s1. The second kappa shape index (κ2) is 14.1. The molecule has 10 heteroatoms. The van der Waals surface area contributed by atoms with E-state index < -0.39 is 12.0 Å². The van der Waals surface area contributed by atoms with Gasteiger partial charge in [0.15, 0.2) is 16.3 Å². The fourth-order valence-corrected chi connectivity index (χ4v) is 5.56. The Morgan fingerprint density at radius 2 is 1.71 bits per heavy atom. The van der Waals surface area contributed by atoms with E-state index in [1.807, 2.05) is 56.3 Å². The highest BCUT2D eigenvalue weighted by Crippen LogP contribution is 2.40. The third kappa shape index (κ3) is 6.55. The van der Waals surface area contributed by atoms with Crippen LogP contribution in [0.4, 0.5) is 0 Å². The van der Waals surface area contributed by atoms with E-state index in [1.165, 1.54) is 18.4 Å². The van der Waals surface area contributed by atoms with Crippen LogP contribution in [0.25, 0.3) is 6.08 Å². The molecule has 0 aliphatic carbocycles. The van der Waals surface area contributed by atoms with Gasteiger partial charge in [0.1, 0.15) is 18.4 Å². The number of para-hydroxylation sites is 2. The Morgan fingerprint density at radius 3 is 2.44 bits per heavy atom. The van der Waals surface area contributed by atoms with Crippen LogP contribution in [-0.4, -0.2) is 51.2 Å². The highest BCUT2D eigenvalue weighted by atomic mass is 32.1. The predicted molar refractivity (Wildman–Crippen MR) is 158 cm³/mol. The Labute approximate surface area is 243 Å². The van der Waals surface area contributed by atoms with Crippen molar-refractivity contribution < 1.29 is 28.5 Å². The van der Waals surface area contributed by atoms with E-state index in [4.69, 9.17) is 23.7 Å². The molecule has 1 aliphatic heterocycles. The number of allylic oxidation sites excluding steroid dienone is 1. The summed E-state index contributed by atoms with van der Waals surface area (Å²) in [5.41, 5.74) is 1.81. The minimum Gasteiger partial charge on any atom is -0.493 e. The van der Waals surface area contributed by atoms with Crippen molar-refractivity contribution in [3.63, 3.8) is 0 Å². The van der Waals surface area contributed by atoms with Gasteiger partial charge in [-0.3, -0.25) is 9.36 Å². The van der Waals surface area contributed by atoms with Crippen LogP contribution in [0.3, 0.4) is 0 Å². The first-order valence-corrected chi connectivity index (χ1v) is 14.5. The number of fused-ring (bicyclic) bond motifs is 1. The number of carbonyl (C=O) groups excluding carboxylic acids is 1. The highest BCUT2D eigenvalue weighted by Gasteiger charge is 2.36. The quantitative estimate of drug-likeness (QED) is 0.223. The van der Waals surface area contributed by atoms with E-state index in [0.29, 0.717) is 51.1 Å².